The highest BCUT2D eigenvalue weighted by atomic mass is 15.1. The van der Waals surface area contributed by atoms with Crippen LogP contribution < -0.4 is 5.32 Å². The topological polar surface area (TPSA) is 15.3 Å². The van der Waals surface area contributed by atoms with Crippen LogP contribution in [0.3, 0.4) is 0 Å². The molecule has 0 amide bonds. The first-order valence-electron chi connectivity index (χ1n) is 8.42. The maximum Gasteiger partial charge on any atom is 0.00871 e. The molecule has 114 valence electrons. The number of hydrogen-bond donors (Lipinski definition) is 1. The maximum atomic E-state index is 3.63. The molecule has 0 heterocycles. The van der Waals surface area contributed by atoms with Crippen LogP contribution in [0.4, 0.5) is 0 Å². The van der Waals surface area contributed by atoms with Crippen molar-refractivity contribution in [2.45, 2.75) is 72.3 Å². The zero-order valence-electron chi connectivity index (χ0n) is 14.0. The van der Waals surface area contributed by atoms with Crippen molar-refractivity contribution in [1.82, 2.24) is 10.2 Å². The molecule has 1 N–H and O–H groups in total. The molecule has 2 nitrogen and oxygen atoms in total. The first kappa shape index (κ1) is 17.0. The van der Waals surface area contributed by atoms with Crippen molar-refractivity contribution in [3.8, 4) is 0 Å². The highest BCUT2D eigenvalue weighted by Gasteiger charge is 2.33. The Kier molecular flexibility index (Phi) is 7.38. The van der Waals surface area contributed by atoms with Crippen LogP contribution in [-0.2, 0) is 0 Å². The summed E-state index contributed by atoms with van der Waals surface area (Å²) >= 11 is 0. The number of hydrogen-bond acceptors (Lipinski definition) is 2. The highest BCUT2D eigenvalue weighted by Crippen LogP contribution is 2.36. The Hall–Kier alpha value is -0.0800. The molecular weight excluding hydrogens is 232 g/mol. The average Bonchev–Trinajstić information content (AvgIpc) is 2.61. The van der Waals surface area contributed by atoms with E-state index in [0.717, 1.165) is 12.5 Å². The molecule has 0 aromatic carbocycles. The fraction of sp³-hybridized carbons (Fsp3) is 1.00. The van der Waals surface area contributed by atoms with Crippen LogP contribution in [0, 0.1) is 11.3 Å². The van der Waals surface area contributed by atoms with Crippen molar-refractivity contribution in [1.29, 1.82) is 0 Å². The molecule has 0 aliphatic heterocycles. The van der Waals surface area contributed by atoms with Gasteiger partial charge in [0.25, 0.3) is 0 Å². The Morgan fingerprint density at radius 1 is 1.05 bits per heavy atom. The van der Waals surface area contributed by atoms with Gasteiger partial charge in [0.05, 0.1) is 0 Å². The van der Waals surface area contributed by atoms with Gasteiger partial charge in [-0.05, 0) is 44.7 Å². The van der Waals surface area contributed by atoms with E-state index in [4.69, 9.17) is 0 Å². The summed E-state index contributed by atoms with van der Waals surface area (Å²) < 4.78 is 0. The predicted octanol–water partition coefficient (Wildman–Crippen LogP) is 3.91. The fourth-order valence-corrected chi connectivity index (χ4v) is 3.44. The van der Waals surface area contributed by atoms with Gasteiger partial charge in [0.1, 0.15) is 0 Å². The molecule has 0 saturated heterocycles. The van der Waals surface area contributed by atoms with E-state index in [1.807, 2.05) is 0 Å². The van der Waals surface area contributed by atoms with Crippen LogP contribution in [0.25, 0.3) is 0 Å². The van der Waals surface area contributed by atoms with Gasteiger partial charge in [-0.3, -0.25) is 0 Å². The van der Waals surface area contributed by atoms with E-state index in [9.17, 15) is 0 Å². The molecule has 1 aliphatic rings. The standard InChI is InChI=1S/C17H36N2/c1-6-18-13-17(11-9-7-8-10-12-17)14-19(5)16(4)15(2)3/h15-16,18H,6-14H2,1-5H3. The fourth-order valence-electron chi connectivity index (χ4n) is 3.44. The van der Waals surface area contributed by atoms with E-state index in [2.05, 4.69) is 45.0 Å². The van der Waals surface area contributed by atoms with Crippen LogP contribution in [0.1, 0.15) is 66.2 Å². The zero-order valence-corrected chi connectivity index (χ0v) is 14.0. The molecule has 1 fully saturated rings. The average molecular weight is 268 g/mol. The predicted molar refractivity (Wildman–Crippen MR) is 85.6 cm³/mol. The summed E-state index contributed by atoms with van der Waals surface area (Å²) in [7, 11) is 2.32. The van der Waals surface area contributed by atoms with E-state index in [1.165, 1.54) is 51.6 Å². The molecule has 0 aromatic heterocycles. The lowest BCUT2D eigenvalue weighted by molar-refractivity contribution is 0.103. The van der Waals surface area contributed by atoms with E-state index in [1.54, 1.807) is 0 Å². The Morgan fingerprint density at radius 3 is 2.11 bits per heavy atom. The van der Waals surface area contributed by atoms with E-state index in [-0.39, 0.29) is 0 Å². The summed E-state index contributed by atoms with van der Waals surface area (Å²) in [4.78, 5) is 2.60. The molecule has 1 atom stereocenters. The molecule has 0 radical (unpaired) electrons. The van der Waals surface area contributed by atoms with Gasteiger partial charge < -0.3 is 10.2 Å². The summed E-state index contributed by atoms with van der Waals surface area (Å²) in [6.07, 6.45) is 8.56. The van der Waals surface area contributed by atoms with E-state index >= 15 is 0 Å². The van der Waals surface area contributed by atoms with Gasteiger partial charge in [-0.25, -0.2) is 0 Å². The van der Waals surface area contributed by atoms with Crippen molar-refractivity contribution in [2.24, 2.45) is 11.3 Å². The Morgan fingerprint density at radius 2 is 1.63 bits per heavy atom. The maximum absolute atomic E-state index is 3.63. The molecular formula is C17H36N2. The number of nitrogens with one attached hydrogen (secondary N) is 1. The number of nitrogens with zero attached hydrogens (tertiary/aromatic N) is 1. The lowest BCUT2D eigenvalue weighted by Gasteiger charge is -2.40. The number of rotatable bonds is 7. The minimum Gasteiger partial charge on any atom is -0.316 e. The van der Waals surface area contributed by atoms with Gasteiger partial charge in [-0.2, -0.15) is 0 Å². The zero-order chi connectivity index (χ0) is 14.3. The van der Waals surface area contributed by atoms with Crippen LogP contribution in [-0.4, -0.2) is 37.6 Å². The van der Waals surface area contributed by atoms with Crippen molar-refractivity contribution in [3.63, 3.8) is 0 Å². The molecule has 0 bridgehead atoms. The summed E-state index contributed by atoms with van der Waals surface area (Å²) in [6, 6.07) is 0.682. The summed E-state index contributed by atoms with van der Waals surface area (Å²) in [5.74, 6) is 0.743. The molecule has 1 rings (SSSR count). The Balaban J connectivity index is 2.66. The monoisotopic (exact) mass is 268 g/mol. The normalized spacial score (nSPS) is 21.6. The third-order valence-electron chi connectivity index (χ3n) is 5.16. The van der Waals surface area contributed by atoms with Crippen LogP contribution in [0.2, 0.25) is 0 Å². The molecule has 0 spiro atoms. The minimum absolute atomic E-state index is 0.518. The second-order valence-corrected chi connectivity index (χ2v) is 7.09. The quantitative estimate of drug-likeness (QED) is 0.704. The highest BCUT2D eigenvalue weighted by molar-refractivity contribution is 4.87. The third-order valence-corrected chi connectivity index (χ3v) is 5.16. The van der Waals surface area contributed by atoms with Crippen LogP contribution >= 0.6 is 0 Å². The van der Waals surface area contributed by atoms with E-state index < -0.39 is 0 Å². The molecule has 19 heavy (non-hydrogen) atoms. The largest absolute Gasteiger partial charge is 0.316 e. The van der Waals surface area contributed by atoms with Gasteiger partial charge in [0.15, 0.2) is 0 Å². The molecule has 0 aromatic rings. The summed E-state index contributed by atoms with van der Waals surface area (Å²) in [5.41, 5.74) is 0.518. The second-order valence-electron chi connectivity index (χ2n) is 7.09. The Labute approximate surface area is 121 Å². The third kappa shape index (κ3) is 5.43. The van der Waals surface area contributed by atoms with E-state index in [0.29, 0.717) is 11.5 Å². The van der Waals surface area contributed by atoms with Crippen LogP contribution in [0.5, 0.6) is 0 Å². The lowest BCUT2D eigenvalue weighted by Crippen LogP contribution is -2.46. The summed E-state index contributed by atoms with van der Waals surface area (Å²) in [6.45, 7) is 12.9. The van der Waals surface area contributed by atoms with Crippen molar-refractivity contribution < 1.29 is 0 Å². The van der Waals surface area contributed by atoms with Crippen molar-refractivity contribution >= 4 is 0 Å². The SMILES string of the molecule is CCNCC1(CN(C)C(C)C(C)C)CCCCCC1. The van der Waals surface area contributed by atoms with Gasteiger partial charge in [-0.15, -0.1) is 0 Å². The first-order valence-corrected chi connectivity index (χ1v) is 8.42. The molecule has 2 heteroatoms. The van der Waals surface area contributed by atoms with Gasteiger partial charge >= 0.3 is 0 Å². The Bertz CT molecular complexity index is 229. The van der Waals surface area contributed by atoms with Gasteiger partial charge in [-0.1, -0.05) is 46.5 Å². The minimum atomic E-state index is 0.518. The lowest BCUT2D eigenvalue weighted by atomic mass is 9.79. The molecule has 1 saturated carbocycles. The van der Waals surface area contributed by atoms with Gasteiger partial charge in [0, 0.05) is 19.1 Å². The summed E-state index contributed by atoms with van der Waals surface area (Å²) in [5, 5.41) is 3.63. The first-order chi connectivity index (χ1) is 9.01. The second kappa shape index (κ2) is 8.26. The van der Waals surface area contributed by atoms with Crippen molar-refractivity contribution in [3.05, 3.63) is 0 Å². The van der Waals surface area contributed by atoms with Gasteiger partial charge in [0.2, 0.25) is 0 Å². The molecule has 1 unspecified atom stereocenters. The smallest absolute Gasteiger partial charge is 0.00871 e. The van der Waals surface area contributed by atoms with Crippen LogP contribution in [0.15, 0.2) is 0 Å². The molecule has 1 aliphatic carbocycles. The van der Waals surface area contributed by atoms with Crippen molar-refractivity contribution in [2.75, 3.05) is 26.7 Å².